The first kappa shape index (κ1) is 118. The van der Waals surface area contributed by atoms with E-state index in [2.05, 4.69) is 0 Å². The molecule has 0 rings (SSSR count). The number of aliphatic hydroxyl groups excluding tert-OH is 7. The molecular weight excluding hydrogens is 1740 g/mol. The maximum Gasteiger partial charge on any atom is 0.347 e. The molecule has 0 aromatic carbocycles. The van der Waals surface area contributed by atoms with Gasteiger partial charge in [-0.2, -0.15) is 0 Å². The Hall–Kier alpha value is -10.9. The van der Waals surface area contributed by atoms with E-state index in [1.165, 1.54) is 27.7 Å². The summed E-state index contributed by atoms with van der Waals surface area (Å²) >= 11 is 0. The third kappa shape index (κ3) is 40.7. The van der Waals surface area contributed by atoms with E-state index >= 15 is 19.2 Å². The molecular formula is C81H124O48. The molecule has 17 atom stereocenters. The monoisotopic (exact) mass is 1860 g/mol. The Morgan fingerprint density at radius 3 is 0.442 bits per heavy atom. The fourth-order valence-electron chi connectivity index (χ4n) is 8.94. The molecule has 48 nitrogen and oxygen atoms in total. The first-order valence-corrected chi connectivity index (χ1v) is 40.4. The summed E-state index contributed by atoms with van der Waals surface area (Å²) in [5.74, 6) is -27.8. The zero-order valence-electron chi connectivity index (χ0n) is 76.4. The molecule has 0 spiro atoms. The molecule has 0 amide bonds. The maximum atomic E-state index is 15.0. The number of rotatable bonds is 58. The maximum absolute atomic E-state index is 15.0. The highest BCUT2D eigenvalue weighted by Crippen LogP contribution is 2.35. The van der Waals surface area contributed by atoms with Crippen molar-refractivity contribution in [3.63, 3.8) is 0 Å². The highest BCUT2D eigenvalue weighted by Gasteiger charge is 2.49. The lowest BCUT2D eigenvalue weighted by atomic mass is 9.85. The van der Waals surface area contributed by atoms with Crippen LogP contribution in [0.5, 0.6) is 0 Å². The minimum Gasteiger partial charge on any atom is -0.464 e. The van der Waals surface area contributed by atoms with Crippen molar-refractivity contribution in [2.75, 3.05) is 92.5 Å². The van der Waals surface area contributed by atoms with E-state index in [0.29, 0.717) is 0 Å². The topological polar surface area (TPSA) is 677 Å². The third-order valence-electron chi connectivity index (χ3n) is 18.4. The molecule has 129 heavy (non-hydrogen) atoms. The predicted molar refractivity (Wildman–Crippen MR) is 421 cm³/mol. The van der Waals surface area contributed by atoms with E-state index in [4.69, 9.17) is 99.5 Å². The Morgan fingerprint density at radius 1 is 0.194 bits per heavy atom. The normalized spacial score (nSPS) is 17.6. The van der Waals surface area contributed by atoms with Gasteiger partial charge in [-0.1, -0.05) is 27.7 Å². The molecule has 0 bridgehead atoms. The van der Waals surface area contributed by atoms with Crippen LogP contribution in [0.1, 0.15) is 172 Å². The van der Waals surface area contributed by atoms with Crippen LogP contribution in [0.2, 0.25) is 0 Å². The minimum absolute atomic E-state index is 0.436. The van der Waals surface area contributed by atoms with E-state index in [-0.39, 0.29) is 0 Å². The van der Waals surface area contributed by atoms with Gasteiger partial charge in [-0.3, -0.25) is 24.0 Å². The number of hydrogen-bond acceptors (Lipinski definition) is 48. The summed E-state index contributed by atoms with van der Waals surface area (Å²) in [5.41, 5.74) is -14.0. The van der Waals surface area contributed by atoms with Gasteiger partial charge in [0.15, 0.2) is 48.8 Å². The summed E-state index contributed by atoms with van der Waals surface area (Å²) in [5, 5.41) is 68.5. The zero-order chi connectivity index (χ0) is 99.9. The highest BCUT2D eigenvalue weighted by atomic mass is 16.7. The predicted octanol–water partition coefficient (Wildman–Crippen LogP) is -1.89. The molecule has 7 N–H and O–H groups in total. The van der Waals surface area contributed by atoms with Gasteiger partial charge in [0.1, 0.15) is 144 Å². The van der Waals surface area contributed by atoms with Crippen molar-refractivity contribution in [2.45, 2.75) is 264 Å². The van der Waals surface area contributed by atoms with E-state index in [0.717, 1.165) is 132 Å². The molecule has 0 aliphatic heterocycles. The van der Waals surface area contributed by atoms with Gasteiger partial charge in [-0.05, 0) is 144 Å². The van der Waals surface area contributed by atoms with Crippen LogP contribution in [0.3, 0.4) is 0 Å². The quantitative estimate of drug-likeness (QED) is 0.0259. The van der Waals surface area contributed by atoms with Gasteiger partial charge in [0.25, 0.3) is 0 Å². The number of aliphatic hydroxyl groups is 7. The number of carbonyl (C=O) groups is 20. The van der Waals surface area contributed by atoms with E-state index in [1.807, 2.05) is 0 Å². The van der Waals surface area contributed by atoms with Crippen LogP contribution in [-0.2, 0) is 195 Å². The van der Waals surface area contributed by atoms with Crippen molar-refractivity contribution < 1.29 is 231 Å². The van der Waals surface area contributed by atoms with Crippen molar-refractivity contribution in [1.82, 2.24) is 0 Å². The SMILES string of the molecule is CCC(COCC(CC)(COC(=O)C(C)(COC(=O)C(C)OC(=O)C(C)O)COC(=O)C(C)OC(=O)C(C)O)COC(=O)C(C)(COC(=O)C(C)OC(=O)C(C)O)COC(=O)C(C)OC(=O)C(C)O)(COC(=O)C(C)(COC(=O)C(C)OC(=O)C(C)C)COC(=O)C(C)OC(=O)C(C)O)COC(=O)C(C)(COC(=O)C(C)OC(=O)C(C)O)COC(=O)C(C)OC(=O)C(C)O. The lowest BCUT2D eigenvalue weighted by Gasteiger charge is -2.38. The van der Waals surface area contributed by atoms with Crippen molar-refractivity contribution in [2.24, 2.45) is 38.4 Å². The molecule has 0 saturated heterocycles. The molecule has 0 aromatic heterocycles. The van der Waals surface area contributed by atoms with Crippen molar-refractivity contribution in [1.29, 1.82) is 0 Å². The van der Waals surface area contributed by atoms with Crippen LogP contribution < -0.4 is 0 Å². The fraction of sp³-hybridized carbons (Fsp3) is 0.753. The molecule has 0 aromatic rings. The summed E-state index contributed by atoms with van der Waals surface area (Å²) in [6, 6.07) is 0. The summed E-state index contributed by atoms with van der Waals surface area (Å²) < 4.78 is 113. The Labute approximate surface area is 742 Å². The van der Waals surface area contributed by atoms with Crippen molar-refractivity contribution in [3.05, 3.63) is 0 Å². The molecule has 0 saturated carbocycles. The summed E-state index contributed by atoms with van der Waals surface area (Å²) in [6.07, 6.45) is -27.7. The summed E-state index contributed by atoms with van der Waals surface area (Å²) in [6.45, 7) is 9.07. The molecule has 0 aliphatic carbocycles. The van der Waals surface area contributed by atoms with Crippen molar-refractivity contribution in [3.8, 4) is 0 Å². The Balaban J connectivity index is 9.36. The number of carbonyl (C=O) groups excluding carboxylic acids is 20. The largest absolute Gasteiger partial charge is 0.464 e. The molecule has 17 unspecified atom stereocenters. The average Bonchev–Trinajstić information content (AvgIpc) is 0.827. The summed E-state index contributed by atoms with van der Waals surface area (Å²) in [7, 11) is 0. The third-order valence-corrected chi connectivity index (χ3v) is 18.4. The molecule has 736 valence electrons. The van der Waals surface area contributed by atoms with Gasteiger partial charge in [0.05, 0.1) is 30.0 Å². The van der Waals surface area contributed by atoms with Crippen LogP contribution in [0.25, 0.3) is 0 Å². The minimum atomic E-state index is -2.45. The van der Waals surface area contributed by atoms with E-state index in [1.54, 1.807) is 0 Å². The van der Waals surface area contributed by atoms with Gasteiger partial charge in [-0.15, -0.1) is 0 Å². The van der Waals surface area contributed by atoms with Gasteiger partial charge in [0, 0.05) is 0 Å². The molecule has 48 heteroatoms. The molecule has 0 fully saturated rings. The molecule has 0 radical (unpaired) electrons. The van der Waals surface area contributed by atoms with Crippen LogP contribution >= 0.6 is 0 Å². The lowest BCUT2D eigenvalue weighted by Crippen LogP contribution is -2.48. The molecule has 0 aliphatic rings. The van der Waals surface area contributed by atoms with E-state index < -0.39 is 355 Å². The highest BCUT2D eigenvalue weighted by molar-refractivity contribution is 5.88. The van der Waals surface area contributed by atoms with Crippen LogP contribution in [0, 0.1) is 38.4 Å². The number of esters is 20. The Kier molecular flexibility index (Phi) is 49.9. The van der Waals surface area contributed by atoms with Crippen LogP contribution in [0.15, 0.2) is 0 Å². The Morgan fingerprint density at radius 2 is 0.326 bits per heavy atom. The molecule has 0 heterocycles. The van der Waals surface area contributed by atoms with Gasteiger partial charge in [0.2, 0.25) is 0 Å². The zero-order valence-corrected chi connectivity index (χ0v) is 76.4. The fourth-order valence-corrected chi connectivity index (χ4v) is 8.94. The first-order valence-electron chi connectivity index (χ1n) is 40.4. The average molecular weight is 1870 g/mol. The second-order valence-corrected chi connectivity index (χ2v) is 32.1. The van der Waals surface area contributed by atoms with Crippen LogP contribution in [-0.4, -0.2) is 339 Å². The second-order valence-electron chi connectivity index (χ2n) is 32.1. The number of hydrogen-bond donors (Lipinski definition) is 7. The van der Waals surface area contributed by atoms with Crippen LogP contribution in [0.4, 0.5) is 0 Å². The smallest absolute Gasteiger partial charge is 0.347 e. The van der Waals surface area contributed by atoms with Gasteiger partial charge < -0.3 is 135 Å². The number of ether oxygens (including phenoxy) is 21. The lowest BCUT2D eigenvalue weighted by molar-refractivity contribution is -0.189. The summed E-state index contributed by atoms with van der Waals surface area (Å²) in [4.78, 5) is 267. The standard InChI is InChI=1S/C81H124O48/c1-24-80(36-118-72(105)76(20,26-110-64(97)48(12)122-56(89)40(3)4)27-111-65(98)49(13)123-57(90)41(5)82,37-119-73(106)77(21,28-112-66(99)50(14)124-58(91)42(6)83)29-113-67(100)51(15)125-59(92)43(7)84)34-109-35-81(25-2,38-120-74(107)78(22,30-114-68(101)52(16)126-60(93)44(8)85)31-115-69(102)53(17)127-61(94)45(9)86)39-121-75(108)79(23,32-116-70(103)54(18)128-62(95)46(10)87)33-117-71(104)55(19)129-63(96)47(11)88/h40-55,82-88H,24-39H2,1-23H3. The second kappa shape index (κ2) is 54.5. The Bertz CT molecular complexity index is 3180. The van der Waals surface area contributed by atoms with Crippen molar-refractivity contribution >= 4 is 119 Å². The first-order chi connectivity index (χ1) is 59.4. The van der Waals surface area contributed by atoms with Gasteiger partial charge in [-0.25, -0.2) is 71.9 Å². The van der Waals surface area contributed by atoms with Gasteiger partial charge >= 0.3 is 119 Å². The van der Waals surface area contributed by atoms with E-state index in [9.17, 15) is 112 Å².